The summed E-state index contributed by atoms with van der Waals surface area (Å²) in [7, 11) is 0. The van der Waals surface area contributed by atoms with Crippen LogP contribution in [0.5, 0.6) is 0 Å². The molecule has 0 bridgehead atoms. The summed E-state index contributed by atoms with van der Waals surface area (Å²) >= 11 is 0. The van der Waals surface area contributed by atoms with Gasteiger partial charge in [-0.25, -0.2) is 14.4 Å². The van der Waals surface area contributed by atoms with Gasteiger partial charge in [-0.3, -0.25) is 19.4 Å². The van der Waals surface area contributed by atoms with Gasteiger partial charge in [0.25, 0.3) is 0 Å². The number of hydrogen-bond donors (Lipinski definition) is 0. The van der Waals surface area contributed by atoms with E-state index in [0.717, 1.165) is 0 Å². The third kappa shape index (κ3) is 11.1. The average Bonchev–Trinajstić information content (AvgIpc) is 3.68. The lowest BCUT2D eigenvalue weighted by atomic mass is 9.98. The molecule has 17 heteroatoms. The Bertz CT molecular complexity index is 1780. The van der Waals surface area contributed by atoms with Gasteiger partial charge in [-0.1, -0.05) is 32.9 Å². The molecule has 4 aliphatic rings. The molecule has 9 atom stereocenters. The topological polar surface area (TPSA) is 196 Å². The summed E-state index contributed by atoms with van der Waals surface area (Å²) in [5.74, 6) is -4.17. The molecule has 0 aromatic carbocycles. The molecule has 2 saturated heterocycles. The molecule has 4 aliphatic heterocycles. The number of pyridine rings is 1. The molecular formula is C40H49N3O14. The van der Waals surface area contributed by atoms with Crippen LogP contribution in [0, 0.1) is 11.8 Å². The minimum atomic E-state index is -1.21. The zero-order chi connectivity index (χ0) is 41.2. The van der Waals surface area contributed by atoms with Crippen molar-refractivity contribution in [3.63, 3.8) is 0 Å². The van der Waals surface area contributed by atoms with Crippen LogP contribution in [0.15, 0.2) is 72.6 Å². The highest BCUT2D eigenvalue weighted by molar-refractivity contribution is 5.90. The van der Waals surface area contributed by atoms with Gasteiger partial charge in [0.2, 0.25) is 0 Å². The Balaban J connectivity index is 1.25. The van der Waals surface area contributed by atoms with Gasteiger partial charge in [-0.15, -0.1) is 0 Å². The maximum Gasteiger partial charge on any atom is 0.340 e. The zero-order valence-electron chi connectivity index (χ0n) is 32.8. The summed E-state index contributed by atoms with van der Waals surface area (Å²) in [6, 6.07) is 3.06. The lowest BCUT2D eigenvalue weighted by molar-refractivity contribution is -0.156. The number of esters is 6. The van der Waals surface area contributed by atoms with Crippen molar-refractivity contribution < 1.29 is 66.7 Å². The van der Waals surface area contributed by atoms with Crippen molar-refractivity contribution in [2.45, 2.75) is 104 Å². The zero-order valence-corrected chi connectivity index (χ0v) is 32.8. The maximum atomic E-state index is 13.4. The average molecular weight is 796 g/mol. The Morgan fingerprint density at radius 1 is 0.754 bits per heavy atom. The molecule has 308 valence electrons. The van der Waals surface area contributed by atoms with Gasteiger partial charge in [0.15, 0.2) is 18.4 Å². The minimum absolute atomic E-state index is 0.0881. The monoisotopic (exact) mass is 795 g/mol. The SMILES string of the molecule is CC[C@@H]1O[C@H](N2C=CCC(C(=O)OCC(COC(=O)C3=CN([C@@H]4O[C@H](COC(C)=O)[C@@H](OC(C)=O)[C@H]4C)C=CC3)OC(=O)c3cccnc3)=C2)[C@@H](OC(C)=O)[C@H]1C. The van der Waals surface area contributed by atoms with Crippen LogP contribution < -0.4 is 0 Å². The minimum Gasteiger partial charge on any atom is -0.463 e. The first-order valence-corrected chi connectivity index (χ1v) is 18.8. The van der Waals surface area contributed by atoms with Crippen LogP contribution in [-0.4, -0.2) is 113 Å². The Hall–Kier alpha value is -5.55. The summed E-state index contributed by atoms with van der Waals surface area (Å²) in [5.41, 5.74) is 0.628. The van der Waals surface area contributed by atoms with Crippen LogP contribution in [-0.2, 0) is 61.9 Å². The third-order valence-electron chi connectivity index (χ3n) is 9.73. The normalized spacial score (nSPS) is 27.1. The first kappa shape index (κ1) is 42.6. The summed E-state index contributed by atoms with van der Waals surface area (Å²) in [6.07, 6.45) is 9.21. The van der Waals surface area contributed by atoms with Gasteiger partial charge in [-0.05, 0) is 18.6 Å². The Labute approximate surface area is 330 Å². The van der Waals surface area contributed by atoms with Crippen molar-refractivity contribution in [3.8, 4) is 0 Å². The smallest absolute Gasteiger partial charge is 0.340 e. The fourth-order valence-electron chi connectivity index (χ4n) is 6.93. The van der Waals surface area contributed by atoms with Crippen LogP contribution in [0.25, 0.3) is 0 Å². The van der Waals surface area contributed by atoms with Crippen molar-refractivity contribution in [1.29, 1.82) is 0 Å². The number of aromatic nitrogens is 1. The predicted octanol–water partition coefficient (Wildman–Crippen LogP) is 3.46. The van der Waals surface area contributed by atoms with E-state index in [1.807, 2.05) is 20.8 Å². The largest absolute Gasteiger partial charge is 0.463 e. The van der Waals surface area contributed by atoms with Gasteiger partial charge in [0.1, 0.15) is 38.3 Å². The molecule has 17 nitrogen and oxygen atoms in total. The first-order chi connectivity index (χ1) is 27.2. The fraction of sp³-hybridized carbons (Fsp3) is 0.525. The molecule has 2 fully saturated rings. The number of ether oxygens (including phenoxy) is 8. The molecule has 1 aromatic heterocycles. The Kier molecular flexibility index (Phi) is 14.6. The molecule has 0 saturated carbocycles. The fourth-order valence-corrected chi connectivity index (χ4v) is 6.93. The molecule has 0 amide bonds. The summed E-state index contributed by atoms with van der Waals surface area (Å²) in [6.45, 7) is 8.55. The molecule has 0 aliphatic carbocycles. The van der Waals surface area contributed by atoms with Gasteiger partial charge in [0, 0.05) is 82.6 Å². The summed E-state index contributed by atoms with van der Waals surface area (Å²) in [5, 5.41) is 0. The van der Waals surface area contributed by atoms with Crippen LogP contribution in [0.2, 0.25) is 0 Å². The molecule has 5 rings (SSSR count). The Morgan fingerprint density at radius 2 is 1.33 bits per heavy atom. The first-order valence-electron chi connectivity index (χ1n) is 18.8. The second-order valence-corrected chi connectivity index (χ2v) is 14.1. The van der Waals surface area contributed by atoms with Gasteiger partial charge in [-0.2, -0.15) is 0 Å². The van der Waals surface area contributed by atoms with E-state index in [-0.39, 0.29) is 48.2 Å². The van der Waals surface area contributed by atoms with E-state index in [4.69, 9.17) is 37.9 Å². The van der Waals surface area contributed by atoms with Crippen molar-refractivity contribution in [1.82, 2.24) is 14.8 Å². The van der Waals surface area contributed by atoms with E-state index in [2.05, 4.69) is 4.98 Å². The molecule has 0 N–H and O–H groups in total. The lowest BCUT2D eigenvalue weighted by Crippen LogP contribution is -2.40. The van der Waals surface area contributed by atoms with E-state index in [1.165, 1.54) is 45.4 Å². The van der Waals surface area contributed by atoms with E-state index in [9.17, 15) is 28.8 Å². The summed E-state index contributed by atoms with van der Waals surface area (Å²) in [4.78, 5) is 82.3. The highest BCUT2D eigenvalue weighted by Crippen LogP contribution is 2.36. The van der Waals surface area contributed by atoms with E-state index < -0.39 is 91.8 Å². The number of nitrogens with zero attached hydrogens (tertiary/aromatic N) is 3. The molecule has 0 radical (unpaired) electrons. The highest BCUT2D eigenvalue weighted by Gasteiger charge is 2.47. The van der Waals surface area contributed by atoms with Gasteiger partial charge < -0.3 is 47.7 Å². The van der Waals surface area contributed by atoms with Crippen LogP contribution in [0.4, 0.5) is 0 Å². The van der Waals surface area contributed by atoms with Gasteiger partial charge >= 0.3 is 35.8 Å². The number of rotatable bonds is 15. The second kappa shape index (κ2) is 19.5. The Morgan fingerprint density at radius 3 is 1.88 bits per heavy atom. The van der Waals surface area contributed by atoms with E-state index in [0.29, 0.717) is 6.42 Å². The second-order valence-electron chi connectivity index (χ2n) is 14.1. The maximum absolute atomic E-state index is 13.4. The predicted molar refractivity (Wildman–Crippen MR) is 196 cm³/mol. The van der Waals surface area contributed by atoms with Crippen molar-refractivity contribution in [2.75, 3.05) is 19.8 Å². The van der Waals surface area contributed by atoms with Gasteiger partial charge in [0.05, 0.1) is 22.8 Å². The quantitative estimate of drug-likeness (QED) is 0.185. The number of allylic oxidation sites excluding steroid dienone is 2. The van der Waals surface area contributed by atoms with Crippen molar-refractivity contribution in [2.24, 2.45) is 11.8 Å². The van der Waals surface area contributed by atoms with E-state index in [1.54, 1.807) is 46.6 Å². The number of carbonyl (C=O) groups excluding carboxylic acids is 6. The summed E-state index contributed by atoms with van der Waals surface area (Å²) < 4.78 is 45.4. The molecule has 1 unspecified atom stereocenters. The number of carbonyl (C=O) groups is 6. The van der Waals surface area contributed by atoms with E-state index >= 15 is 0 Å². The van der Waals surface area contributed by atoms with Crippen molar-refractivity contribution >= 4 is 35.8 Å². The lowest BCUT2D eigenvalue weighted by Gasteiger charge is -2.31. The molecule has 5 heterocycles. The molecule has 0 spiro atoms. The molecule has 57 heavy (non-hydrogen) atoms. The van der Waals surface area contributed by atoms with Crippen LogP contribution in [0.3, 0.4) is 0 Å². The number of hydrogen-bond acceptors (Lipinski definition) is 17. The molecule has 1 aromatic rings. The molecular weight excluding hydrogens is 746 g/mol. The standard InChI is InChI=1S/C40H49N3O14/c1-7-32-23(2)35(54-27(6)46)37(56-32)43-16-10-13-30(19-43)39(48)52-21-31(55-40(49)28-11-8-14-41-17-28)20-51-38(47)29-12-9-15-42(18-29)36-24(3)34(53-26(5)45)33(57-36)22-50-25(4)44/h8-11,14-19,23-24,31-37H,7,12-13,20-22H2,1-6H3/t23-,24+,31?,32-,33+,34-,35-,36+,37-/m0/s1. The third-order valence-corrected chi connectivity index (χ3v) is 9.73. The highest BCUT2D eigenvalue weighted by atomic mass is 16.6. The van der Waals surface area contributed by atoms with Crippen LogP contribution in [0.1, 0.15) is 71.2 Å². The van der Waals surface area contributed by atoms with Crippen molar-refractivity contribution in [3.05, 3.63) is 78.2 Å². The van der Waals surface area contributed by atoms with Crippen LogP contribution >= 0.6 is 0 Å².